The third-order valence-electron chi connectivity index (χ3n) is 2.68. The van der Waals surface area contributed by atoms with Crippen LogP contribution in [0, 0.1) is 5.92 Å². The Labute approximate surface area is 108 Å². The second kappa shape index (κ2) is 4.96. The number of rotatable bonds is 3. The van der Waals surface area contributed by atoms with Crippen LogP contribution in [0.25, 0.3) is 0 Å². The first-order chi connectivity index (χ1) is 8.42. The predicted octanol–water partition coefficient (Wildman–Crippen LogP) is 3.38. The Morgan fingerprint density at radius 3 is 2.67 bits per heavy atom. The van der Waals surface area contributed by atoms with E-state index in [-0.39, 0.29) is 0 Å². The van der Waals surface area contributed by atoms with Crippen molar-refractivity contribution >= 4 is 11.9 Å². The Kier molecular flexibility index (Phi) is 3.55. The molecule has 0 bridgehead atoms. The van der Waals surface area contributed by atoms with Crippen LogP contribution in [0.3, 0.4) is 0 Å². The van der Waals surface area contributed by atoms with E-state index < -0.39 is 11.7 Å². The molecule has 0 unspecified atom stereocenters. The fourth-order valence-electron chi connectivity index (χ4n) is 1.68. The van der Waals surface area contributed by atoms with Crippen LogP contribution < -0.4 is 5.32 Å². The van der Waals surface area contributed by atoms with Crippen LogP contribution >= 0.6 is 0 Å². The van der Waals surface area contributed by atoms with Crippen molar-refractivity contribution in [1.29, 1.82) is 0 Å². The first-order valence-electron chi connectivity index (χ1n) is 6.37. The summed E-state index contributed by atoms with van der Waals surface area (Å²) >= 11 is 0. The number of amides is 1. The van der Waals surface area contributed by atoms with Crippen molar-refractivity contribution in [2.24, 2.45) is 5.92 Å². The van der Waals surface area contributed by atoms with Crippen LogP contribution in [0.15, 0.2) is 18.3 Å². The monoisotopic (exact) mass is 248 g/mol. The molecular formula is C14H20N2O2. The first-order valence-corrected chi connectivity index (χ1v) is 6.37. The van der Waals surface area contributed by atoms with E-state index in [1.807, 2.05) is 39.1 Å². The number of nitrogens with one attached hydrogen (secondary N) is 1. The number of hydrogen-bond donors (Lipinski definition) is 1. The van der Waals surface area contributed by atoms with Gasteiger partial charge in [-0.2, -0.15) is 0 Å². The molecule has 1 aromatic heterocycles. The highest BCUT2D eigenvalue weighted by Gasteiger charge is 2.21. The number of aromatic nitrogens is 1. The molecule has 0 aromatic carbocycles. The summed E-state index contributed by atoms with van der Waals surface area (Å²) in [5.74, 6) is 1.38. The van der Waals surface area contributed by atoms with Gasteiger partial charge in [0.05, 0.1) is 0 Å². The largest absolute Gasteiger partial charge is 0.444 e. The fourth-order valence-corrected chi connectivity index (χ4v) is 1.68. The molecule has 4 heteroatoms. The van der Waals surface area contributed by atoms with Crippen LogP contribution in [0.2, 0.25) is 0 Å². The number of nitrogens with zero attached hydrogens (tertiary/aromatic N) is 1. The van der Waals surface area contributed by atoms with Crippen molar-refractivity contribution in [3.63, 3.8) is 0 Å². The molecular weight excluding hydrogens is 228 g/mol. The molecule has 18 heavy (non-hydrogen) atoms. The lowest BCUT2D eigenvalue weighted by molar-refractivity contribution is 0.0635. The number of ether oxygens (including phenoxy) is 1. The van der Waals surface area contributed by atoms with E-state index in [0.29, 0.717) is 5.82 Å². The lowest BCUT2D eigenvalue weighted by Crippen LogP contribution is -2.27. The van der Waals surface area contributed by atoms with E-state index in [2.05, 4.69) is 10.3 Å². The van der Waals surface area contributed by atoms with Gasteiger partial charge in [-0.25, -0.2) is 9.78 Å². The van der Waals surface area contributed by atoms with E-state index in [1.165, 1.54) is 18.4 Å². The quantitative estimate of drug-likeness (QED) is 0.892. The Morgan fingerprint density at radius 1 is 1.44 bits per heavy atom. The molecule has 1 aromatic rings. The average Bonchev–Trinajstić information content (AvgIpc) is 3.02. The number of carbonyl (C=O) groups excluding carboxylic acids is 1. The second-order valence-corrected chi connectivity index (χ2v) is 5.83. The maximum absolute atomic E-state index is 11.5. The van der Waals surface area contributed by atoms with E-state index in [1.54, 1.807) is 0 Å². The van der Waals surface area contributed by atoms with Gasteiger partial charge < -0.3 is 4.74 Å². The molecule has 1 fully saturated rings. The smallest absolute Gasteiger partial charge is 0.413 e. The van der Waals surface area contributed by atoms with E-state index >= 15 is 0 Å². The summed E-state index contributed by atoms with van der Waals surface area (Å²) in [6.07, 6.45) is 5.12. The minimum absolute atomic E-state index is 0.468. The second-order valence-electron chi connectivity index (χ2n) is 5.83. The van der Waals surface area contributed by atoms with Crippen molar-refractivity contribution in [1.82, 2.24) is 4.98 Å². The number of hydrogen-bond acceptors (Lipinski definition) is 3. The molecule has 1 heterocycles. The minimum atomic E-state index is -0.490. The third kappa shape index (κ3) is 4.35. The van der Waals surface area contributed by atoms with Crippen LogP contribution in [-0.2, 0) is 11.2 Å². The third-order valence-corrected chi connectivity index (χ3v) is 2.68. The summed E-state index contributed by atoms with van der Waals surface area (Å²) in [6.45, 7) is 5.50. The Hall–Kier alpha value is -1.58. The van der Waals surface area contributed by atoms with Crippen molar-refractivity contribution in [2.75, 3.05) is 5.32 Å². The standard InChI is InChI=1S/C14H20N2O2/c1-14(2,3)18-13(17)16-12-7-6-11(9-15-12)8-10-4-5-10/h6-7,9-10H,4-5,8H2,1-3H3,(H,15,16,17). The summed E-state index contributed by atoms with van der Waals surface area (Å²) in [7, 11) is 0. The summed E-state index contributed by atoms with van der Waals surface area (Å²) in [6, 6.07) is 3.83. The Morgan fingerprint density at radius 2 is 2.17 bits per heavy atom. The van der Waals surface area contributed by atoms with Gasteiger partial charge >= 0.3 is 6.09 Å². The SMILES string of the molecule is CC(C)(C)OC(=O)Nc1ccc(CC2CC2)cn1. The van der Waals surface area contributed by atoms with Crippen LogP contribution in [0.5, 0.6) is 0 Å². The lowest BCUT2D eigenvalue weighted by atomic mass is 10.1. The average molecular weight is 248 g/mol. The van der Waals surface area contributed by atoms with Crippen molar-refractivity contribution < 1.29 is 9.53 Å². The Balaban J connectivity index is 1.87. The highest BCUT2D eigenvalue weighted by molar-refractivity contribution is 5.83. The minimum Gasteiger partial charge on any atom is -0.444 e. The maximum atomic E-state index is 11.5. The molecule has 1 aliphatic rings. The van der Waals surface area contributed by atoms with Gasteiger partial charge in [0.25, 0.3) is 0 Å². The zero-order chi connectivity index (χ0) is 13.2. The lowest BCUT2D eigenvalue weighted by Gasteiger charge is -2.19. The predicted molar refractivity (Wildman–Crippen MR) is 70.5 cm³/mol. The zero-order valence-corrected chi connectivity index (χ0v) is 11.2. The van der Waals surface area contributed by atoms with E-state index in [9.17, 15) is 4.79 Å². The molecule has 0 spiro atoms. The summed E-state index contributed by atoms with van der Waals surface area (Å²) in [5, 5.41) is 2.62. The summed E-state index contributed by atoms with van der Waals surface area (Å²) < 4.78 is 5.16. The van der Waals surface area contributed by atoms with Gasteiger partial charge in [0.1, 0.15) is 11.4 Å². The molecule has 98 valence electrons. The number of carbonyl (C=O) groups is 1. The Bertz CT molecular complexity index is 416. The molecule has 0 radical (unpaired) electrons. The van der Waals surface area contributed by atoms with Crippen molar-refractivity contribution in [3.8, 4) is 0 Å². The molecule has 0 atom stereocenters. The van der Waals surface area contributed by atoms with E-state index in [0.717, 1.165) is 12.3 Å². The van der Waals surface area contributed by atoms with Crippen LogP contribution in [-0.4, -0.2) is 16.7 Å². The van der Waals surface area contributed by atoms with Gasteiger partial charge in [0.15, 0.2) is 0 Å². The van der Waals surface area contributed by atoms with Gasteiger partial charge in [0, 0.05) is 6.20 Å². The highest BCUT2D eigenvalue weighted by atomic mass is 16.6. The molecule has 0 aliphatic heterocycles. The van der Waals surface area contributed by atoms with Crippen molar-refractivity contribution in [2.45, 2.75) is 45.6 Å². The molecule has 4 nitrogen and oxygen atoms in total. The number of anilines is 1. The molecule has 0 saturated heterocycles. The fraction of sp³-hybridized carbons (Fsp3) is 0.571. The molecule has 1 amide bonds. The van der Waals surface area contributed by atoms with Gasteiger partial charge in [-0.1, -0.05) is 6.07 Å². The maximum Gasteiger partial charge on any atom is 0.413 e. The topological polar surface area (TPSA) is 51.2 Å². The van der Waals surface area contributed by atoms with E-state index in [4.69, 9.17) is 4.74 Å². The summed E-state index contributed by atoms with van der Waals surface area (Å²) in [4.78, 5) is 15.7. The molecule has 1 saturated carbocycles. The van der Waals surface area contributed by atoms with Gasteiger partial charge in [0.2, 0.25) is 0 Å². The van der Waals surface area contributed by atoms with Gasteiger partial charge in [-0.3, -0.25) is 5.32 Å². The first kappa shape index (κ1) is 12.9. The molecule has 2 rings (SSSR count). The highest BCUT2D eigenvalue weighted by Crippen LogP contribution is 2.32. The number of pyridine rings is 1. The zero-order valence-electron chi connectivity index (χ0n) is 11.2. The molecule has 1 N–H and O–H groups in total. The normalized spacial score (nSPS) is 15.3. The summed E-state index contributed by atoms with van der Waals surface area (Å²) in [5.41, 5.74) is 0.739. The van der Waals surface area contributed by atoms with Gasteiger partial charge in [-0.05, 0) is 57.6 Å². The molecule has 1 aliphatic carbocycles. The van der Waals surface area contributed by atoms with Crippen LogP contribution in [0.4, 0.5) is 10.6 Å². The van der Waals surface area contributed by atoms with Gasteiger partial charge in [-0.15, -0.1) is 0 Å². The van der Waals surface area contributed by atoms with Crippen molar-refractivity contribution in [3.05, 3.63) is 23.9 Å². The van der Waals surface area contributed by atoms with Crippen LogP contribution in [0.1, 0.15) is 39.2 Å².